The summed E-state index contributed by atoms with van der Waals surface area (Å²) in [5, 5.41) is 22.9. The Morgan fingerprint density at radius 1 is 1.50 bits per heavy atom. The van der Waals surface area contributed by atoms with E-state index in [1.165, 1.54) is 0 Å². The zero-order valence-electron chi connectivity index (χ0n) is 9.70. The van der Waals surface area contributed by atoms with Gasteiger partial charge in [-0.1, -0.05) is 6.07 Å². The van der Waals surface area contributed by atoms with Gasteiger partial charge < -0.3 is 20.4 Å². The maximum absolute atomic E-state index is 10.1. The number of anilines is 1. The summed E-state index contributed by atoms with van der Waals surface area (Å²) in [6.07, 6.45) is 0.193. The van der Waals surface area contributed by atoms with Crippen molar-refractivity contribution in [3.63, 3.8) is 0 Å². The molecule has 0 fully saturated rings. The number of aliphatic hydroxyl groups is 1. The van der Waals surface area contributed by atoms with Crippen LogP contribution in [0, 0.1) is 0 Å². The summed E-state index contributed by atoms with van der Waals surface area (Å²) in [4.78, 5) is 2.11. The summed E-state index contributed by atoms with van der Waals surface area (Å²) in [7, 11) is 3.79. The van der Waals surface area contributed by atoms with Crippen LogP contribution in [0.3, 0.4) is 0 Å². The summed E-state index contributed by atoms with van der Waals surface area (Å²) in [6, 6.07) is 3.77. The molecule has 0 amide bonds. The van der Waals surface area contributed by atoms with Crippen LogP contribution in [0.4, 0.5) is 5.69 Å². The number of hydrogen-bond donors (Lipinski definition) is 3. The second kappa shape index (κ2) is 4.31. The van der Waals surface area contributed by atoms with E-state index in [1.807, 2.05) is 13.1 Å². The van der Waals surface area contributed by atoms with E-state index in [2.05, 4.69) is 10.2 Å². The van der Waals surface area contributed by atoms with E-state index in [4.69, 9.17) is 0 Å². The van der Waals surface area contributed by atoms with Crippen LogP contribution >= 0.6 is 0 Å². The first-order valence-electron chi connectivity index (χ1n) is 5.53. The predicted molar refractivity (Wildman–Crippen MR) is 64.0 cm³/mol. The van der Waals surface area contributed by atoms with Gasteiger partial charge in [-0.3, -0.25) is 0 Å². The Hall–Kier alpha value is -1.26. The Morgan fingerprint density at radius 3 is 2.94 bits per heavy atom. The van der Waals surface area contributed by atoms with Crippen molar-refractivity contribution in [3.05, 3.63) is 23.3 Å². The zero-order valence-corrected chi connectivity index (χ0v) is 9.70. The molecule has 4 heteroatoms. The molecule has 1 heterocycles. The highest BCUT2D eigenvalue weighted by molar-refractivity contribution is 5.64. The average molecular weight is 222 g/mol. The first-order valence-corrected chi connectivity index (χ1v) is 5.53. The predicted octanol–water partition coefficient (Wildman–Crippen LogP) is 0.637. The number of rotatable bonds is 3. The van der Waals surface area contributed by atoms with Gasteiger partial charge in [-0.15, -0.1) is 0 Å². The number of phenols is 1. The van der Waals surface area contributed by atoms with Crippen molar-refractivity contribution in [3.8, 4) is 5.75 Å². The fraction of sp³-hybridized carbons (Fsp3) is 0.500. The molecule has 88 valence electrons. The van der Waals surface area contributed by atoms with Crippen LogP contribution < -0.4 is 10.2 Å². The van der Waals surface area contributed by atoms with Gasteiger partial charge in [-0.2, -0.15) is 0 Å². The monoisotopic (exact) mass is 222 g/mol. The van der Waals surface area contributed by atoms with Crippen LogP contribution in [0.2, 0.25) is 0 Å². The molecular formula is C12H18N2O2. The van der Waals surface area contributed by atoms with E-state index in [-0.39, 0.29) is 5.75 Å². The molecule has 4 nitrogen and oxygen atoms in total. The minimum atomic E-state index is -0.652. The molecule has 0 saturated carbocycles. The SMILES string of the molecule is CNCC(O)c1ccc2c(c1O)CCN2C. The van der Waals surface area contributed by atoms with Crippen molar-refractivity contribution in [2.24, 2.45) is 0 Å². The minimum absolute atomic E-state index is 0.254. The van der Waals surface area contributed by atoms with Crippen LogP contribution in [0.15, 0.2) is 12.1 Å². The van der Waals surface area contributed by atoms with E-state index in [0.29, 0.717) is 12.1 Å². The Morgan fingerprint density at radius 2 is 2.25 bits per heavy atom. The van der Waals surface area contributed by atoms with E-state index in [0.717, 1.165) is 24.2 Å². The zero-order chi connectivity index (χ0) is 11.7. The third kappa shape index (κ3) is 1.74. The summed E-state index contributed by atoms with van der Waals surface area (Å²) in [6.45, 7) is 1.37. The van der Waals surface area contributed by atoms with Crippen LogP contribution in [-0.4, -0.2) is 37.4 Å². The fourth-order valence-corrected chi connectivity index (χ4v) is 2.22. The molecule has 0 aliphatic carbocycles. The van der Waals surface area contributed by atoms with Crippen molar-refractivity contribution in [1.82, 2.24) is 5.32 Å². The third-order valence-electron chi connectivity index (χ3n) is 3.15. The van der Waals surface area contributed by atoms with Gasteiger partial charge in [0.2, 0.25) is 0 Å². The topological polar surface area (TPSA) is 55.7 Å². The van der Waals surface area contributed by atoms with E-state index in [9.17, 15) is 10.2 Å². The Balaban J connectivity index is 2.36. The second-order valence-electron chi connectivity index (χ2n) is 4.25. The lowest BCUT2D eigenvalue weighted by Gasteiger charge is -2.16. The lowest BCUT2D eigenvalue weighted by molar-refractivity contribution is 0.174. The van der Waals surface area contributed by atoms with Crippen LogP contribution in [0.1, 0.15) is 17.2 Å². The smallest absolute Gasteiger partial charge is 0.126 e. The van der Waals surface area contributed by atoms with Crippen molar-refractivity contribution in [2.45, 2.75) is 12.5 Å². The molecule has 3 N–H and O–H groups in total. The van der Waals surface area contributed by atoms with Crippen molar-refractivity contribution >= 4 is 5.69 Å². The van der Waals surface area contributed by atoms with Crippen molar-refractivity contribution in [1.29, 1.82) is 0 Å². The fourth-order valence-electron chi connectivity index (χ4n) is 2.22. The average Bonchev–Trinajstić information content (AvgIpc) is 2.62. The summed E-state index contributed by atoms with van der Waals surface area (Å²) < 4.78 is 0. The molecule has 0 saturated heterocycles. The Kier molecular flexibility index (Phi) is 3.03. The number of aromatic hydroxyl groups is 1. The molecule has 1 aliphatic heterocycles. The lowest BCUT2D eigenvalue weighted by Crippen LogP contribution is -2.17. The number of fused-ring (bicyclic) bond motifs is 1. The van der Waals surface area contributed by atoms with Crippen LogP contribution in [0.5, 0.6) is 5.75 Å². The molecule has 0 spiro atoms. The molecule has 0 radical (unpaired) electrons. The molecule has 16 heavy (non-hydrogen) atoms. The molecule has 0 aromatic heterocycles. The highest BCUT2D eigenvalue weighted by atomic mass is 16.3. The molecule has 1 aliphatic rings. The number of nitrogens with one attached hydrogen (secondary N) is 1. The van der Waals surface area contributed by atoms with Crippen LogP contribution in [-0.2, 0) is 6.42 Å². The molecule has 1 atom stereocenters. The molecule has 1 aromatic carbocycles. The van der Waals surface area contributed by atoms with Gasteiger partial charge in [0.25, 0.3) is 0 Å². The van der Waals surface area contributed by atoms with Crippen LogP contribution in [0.25, 0.3) is 0 Å². The summed E-state index contributed by atoms with van der Waals surface area (Å²) in [5.74, 6) is 0.254. The highest BCUT2D eigenvalue weighted by Gasteiger charge is 2.23. The number of likely N-dealkylation sites (N-methyl/N-ethyl adjacent to an activating group) is 2. The number of phenolic OH excluding ortho intramolecular Hbond substituents is 1. The number of benzene rings is 1. The number of hydrogen-bond acceptors (Lipinski definition) is 4. The lowest BCUT2D eigenvalue weighted by atomic mass is 10.0. The van der Waals surface area contributed by atoms with Gasteiger partial charge in [-0.25, -0.2) is 0 Å². The van der Waals surface area contributed by atoms with Gasteiger partial charge in [0.05, 0.1) is 6.10 Å². The molecule has 1 unspecified atom stereocenters. The minimum Gasteiger partial charge on any atom is -0.507 e. The molecule has 2 rings (SSSR count). The maximum atomic E-state index is 10.1. The normalized spacial score (nSPS) is 16.3. The van der Waals surface area contributed by atoms with Gasteiger partial charge in [-0.05, 0) is 19.5 Å². The van der Waals surface area contributed by atoms with E-state index in [1.54, 1.807) is 13.1 Å². The van der Waals surface area contributed by atoms with Gasteiger partial charge in [0.1, 0.15) is 5.75 Å². The number of nitrogens with zero attached hydrogens (tertiary/aromatic N) is 1. The Bertz CT molecular complexity index is 393. The van der Waals surface area contributed by atoms with E-state index < -0.39 is 6.10 Å². The first kappa shape index (κ1) is 11.2. The highest BCUT2D eigenvalue weighted by Crippen LogP contribution is 2.38. The standard InChI is InChI=1S/C12H18N2O2/c1-13-7-11(15)9-3-4-10-8(12(9)16)5-6-14(10)2/h3-4,11,13,15-16H,5-7H2,1-2H3. The quantitative estimate of drug-likeness (QED) is 0.702. The van der Waals surface area contributed by atoms with E-state index >= 15 is 0 Å². The molecule has 1 aromatic rings. The van der Waals surface area contributed by atoms with Gasteiger partial charge >= 0.3 is 0 Å². The first-order chi connectivity index (χ1) is 7.65. The summed E-state index contributed by atoms with van der Waals surface area (Å²) in [5.41, 5.74) is 2.64. The number of aliphatic hydroxyl groups excluding tert-OH is 1. The van der Waals surface area contributed by atoms with Gasteiger partial charge in [0, 0.05) is 37.0 Å². The molecular weight excluding hydrogens is 204 g/mol. The van der Waals surface area contributed by atoms with Gasteiger partial charge in [0.15, 0.2) is 0 Å². The van der Waals surface area contributed by atoms with Crippen molar-refractivity contribution in [2.75, 3.05) is 32.1 Å². The Labute approximate surface area is 95.5 Å². The maximum Gasteiger partial charge on any atom is 0.126 e. The molecule has 0 bridgehead atoms. The summed E-state index contributed by atoms with van der Waals surface area (Å²) >= 11 is 0. The third-order valence-corrected chi connectivity index (χ3v) is 3.15. The van der Waals surface area contributed by atoms with Crippen molar-refractivity contribution < 1.29 is 10.2 Å². The second-order valence-corrected chi connectivity index (χ2v) is 4.25. The largest absolute Gasteiger partial charge is 0.507 e.